The molecule has 1 N–H and O–H groups in total. The lowest BCUT2D eigenvalue weighted by atomic mass is 9.95. The van der Waals surface area contributed by atoms with Crippen molar-refractivity contribution >= 4 is 15.8 Å². The van der Waals surface area contributed by atoms with Crippen molar-refractivity contribution < 1.29 is 23.1 Å². The van der Waals surface area contributed by atoms with E-state index in [0.717, 1.165) is 11.3 Å². The minimum Gasteiger partial charge on any atom is -0.493 e. The highest BCUT2D eigenvalue weighted by molar-refractivity contribution is 7.91. The smallest absolute Gasteiger partial charge is 0.304 e. The Morgan fingerprint density at radius 1 is 1.37 bits per heavy atom. The van der Waals surface area contributed by atoms with Crippen molar-refractivity contribution in [3.05, 3.63) is 29.8 Å². The number of hydrogen-bond donors (Lipinski definition) is 1. The quantitative estimate of drug-likeness (QED) is 0.885. The minimum absolute atomic E-state index is 0.0132. The fourth-order valence-corrected chi connectivity index (χ4v) is 3.83. The molecular weight excluding hydrogens is 268 g/mol. The van der Waals surface area contributed by atoms with Crippen LogP contribution in [0.5, 0.6) is 5.75 Å². The molecule has 5 nitrogen and oxygen atoms in total. The predicted octanol–water partition coefficient (Wildman–Crippen LogP) is 1.44. The minimum atomic E-state index is -3.36. The van der Waals surface area contributed by atoms with Crippen LogP contribution in [0.15, 0.2) is 24.3 Å². The van der Waals surface area contributed by atoms with Crippen LogP contribution in [0, 0.1) is 0 Å². The lowest BCUT2D eigenvalue weighted by Gasteiger charge is -2.25. The number of para-hydroxylation sites is 1. The number of carboxylic acid groups (broad SMARTS) is 1. The molecule has 19 heavy (non-hydrogen) atoms. The third kappa shape index (κ3) is 3.70. The topological polar surface area (TPSA) is 80.7 Å². The van der Waals surface area contributed by atoms with E-state index in [1.54, 1.807) is 0 Å². The van der Waals surface area contributed by atoms with Gasteiger partial charge < -0.3 is 9.84 Å². The van der Waals surface area contributed by atoms with E-state index in [0.29, 0.717) is 13.0 Å². The monoisotopic (exact) mass is 284 g/mol. The Balaban J connectivity index is 2.10. The summed E-state index contributed by atoms with van der Waals surface area (Å²) in [6.45, 7) is 0.496. The van der Waals surface area contributed by atoms with Gasteiger partial charge in [0, 0.05) is 5.92 Å². The number of aliphatic carboxylic acids is 1. The van der Waals surface area contributed by atoms with Crippen molar-refractivity contribution in [3.8, 4) is 5.75 Å². The summed E-state index contributed by atoms with van der Waals surface area (Å²) in [5, 5.41) is 8.56. The number of carbonyl (C=O) groups is 1. The first-order valence-corrected chi connectivity index (χ1v) is 7.94. The van der Waals surface area contributed by atoms with Crippen LogP contribution in [0.3, 0.4) is 0 Å². The maximum absolute atomic E-state index is 11.9. The summed E-state index contributed by atoms with van der Waals surface area (Å²) >= 11 is 0. The number of carboxylic acids is 1. The number of ether oxygens (including phenoxy) is 1. The second kappa shape index (κ2) is 5.61. The van der Waals surface area contributed by atoms with Crippen molar-refractivity contribution in [1.82, 2.24) is 0 Å². The van der Waals surface area contributed by atoms with Gasteiger partial charge in [-0.15, -0.1) is 0 Å². The zero-order chi connectivity index (χ0) is 13.9. The van der Waals surface area contributed by atoms with Gasteiger partial charge in [0.05, 0.1) is 24.5 Å². The van der Waals surface area contributed by atoms with Gasteiger partial charge in [-0.25, -0.2) is 8.42 Å². The van der Waals surface area contributed by atoms with Crippen molar-refractivity contribution in [2.24, 2.45) is 0 Å². The normalized spacial score (nSPS) is 18.4. The predicted molar refractivity (Wildman–Crippen MR) is 70.2 cm³/mol. The highest BCUT2D eigenvalue weighted by atomic mass is 32.2. The van der Waals surface area contributed by atoms with Crippen LogP contribution in [-0.2, 0) is 14.6 Å². The average Bonchev–Trinajstić information content (AvgIpc) is 2.37. The molecule has 0 spiro atoms. The first-order chi connectivity index (χ1) is 8.98. The molecule has 0 amide bonds. The molecule has 1 heterocycles. The third-order valence-electron chi connectivity index (χ3n) is 3.16. The van der Waals surface area contributed by atoms with Crippen LogP contribution in [0.1, 0.15) is 24.3 Å². The first-order valence-electron chi connectivity index (χ1n) is 6.12. The molecule has 104 valence electrons. The van der Waals surface area contributed by atoms with Crippen LogP contribution < -0.4 is 4.74 Å². The van der Waals surface area contributed by atoms with Crippen LogP contribution >= 0.6 is 0 Å². The largest absolute Gasteiger partial charge is 0.493 e. The Hall–Kier alpha value is -1.56. The van der Waals surface area contributed by atoms with Gasteiger partial charge in [-0.2, -0.15) is 0 Å². The second-order valence-electron chi connectivity index (χ2n) is 4.63. The molecule has 1 aliphatic heterocycles. The number of rotatable bonds is 5. The summed E-state index contributed by atoms with van der Waals surface area (Å²) < 4.78 is 29.3. The summed E-state index contributed by atoms with van der Waals surface area (Å²) in [5.41, 5.74) is 0.896. The fraction of sp³-hybridized carbons (Fsp3) is 0.462. The van der Waals surface area contributed by atoms with E-state index in [-0.39, 0.29) is 23.8 Å². The summed E-state index contributed by atoms with van der Waals surface area (Å²) in [6.07, 6.45) is 0.302. The Morgan fingerprint density at radius 2 is 2.11 bits per heavy atom. The molecule has 0 saturated carbocycles. The van der Waals surface area contributed by atoms with Crippen LogP contribution in [0.25, 0.3) is 0 Å². The standard InChI is InChI=1S/C13H16O5S/c14-13(15)6-8-19(16,17)9-10-5-7-18-12-4-2-1-3-11(10)12/h1-4,10H,5-9H2,(H,14,15). The van der Waals surface area contributed by atoms with E-state index in [1.807, 2.05) is 24.3 Å². The van der Waals surface area contributed by atoms with Crippen molar-refractivity contribution in [2.45, 2.75) is 18.8 Å². The third-order valence-corrected chi connectivity index (χ3v) is 4.90. The molecule has 1 atom stereocenters. The van der Waals surface area contributed by atoms with Crippen LogP contribution in [-0.4, -0.2) is 37.6 Å². The van der Waals surface area contributed by atoms with Crippen molar-refractivity contribution in [1.29, 1.82) is 0 Å². The maximum atomic E-state index is 11.9. The molecule has 0 saturated heterocycles. The highest BCUT2D eigenvalue weighted by Crippen LogP contribution is 2.34. The van der Waals surface area contributed by atoms with E-state index >= 15 is 0 Å². The summed E-state index contributed by atoms with van der Waals surface area (Å²) in [6, 6.07) is 7.39. The molecule has 0 fully saturated rings. The molecule has 1 aliphatic rings. The fourth-order valence-electron chi connectivity index (χ4n) is 2.22. The van der Waals surface area contributed by atoms with E-state index in [2.05, 4.69) is 0 Å². The summed E-state index contributed by atoms with van der Waals surface area (Å²) in [7, 11) is -3.36. The van der Waals surface area contributed by atoms with Crippen molar-refractivity contribution in [3.63, 3.8) is 0 Å². The zero-order valence-corrected chi connectivity index (χ0v) is 11.2. The molecule has 1 aromatic carbocycles. The summed E-state index contributed by atoms with van der Waals surface area (Å²) in [5.74, 6) is -0.783. The van der Waals surface area contributed by atoms with Gasteiger partial charge in [-0.1, -0.05) is 18.2 Å². The van der Waals surface area contributed by atoms with Crippen molar-refractivity contribution in [2.75, 3.05) is 18.1 Å². The van der Waals surface area contributed by atoms with Gasteiger partial charge in [0.15, 0.2) is 9.84 Å². The number of sulfone groups is 1. The van der Waals surface area contributed by atoms with Gasteiger partial charge in [0.25, 0.3) is 0 Å². The SMILES string of the molecule is O=C(O)CCS(=O)(=O)CC1CCOc2ccccc21. The Kier molecular flexibility index (Phi) is 4.09. The number of fused-ring (bicyclic) bond motifs is 1. The van der Waals surface area contributed by atoms with E-state index in [4.69, 9.17) is 9.84 Å². The average molecular weight is 284 g/mol. The zero-order valence-electron chi connectivity index (χ0n) is 10.4. The van der Waals surface area contributed by atoms with Crippen LogP contribution in [0.2, 0.25) is 0 Å². The molecule has 0 aliphatic carbocycles. The molecular formula is C13H16O5S. The summed E-state index contributed by atoms with van der Waals surface area (Å²) in [4.78, 5) is 10.5. The maximum Gasteiger partial charge on any atom is 0.304 e. The van der Waals surface area contributed by atoms with Crippen LogP contribution in [0.4, 0.5) is 0 Å². The Labute approximate surface area is 112 Å². The number of hydrogen-bond acceptors (Lipinski definition) is 4. The van der Waals surface area contributed by atoms with E-state index in [1.165, 1.54) is 0 Å². The molecule has 6 heteroatoms. The molecule has 0 aromatic heterocycles. The Bertz CT molecular complexity index is 564. The first kappa shape index (κ1) is 13.9. The lowest BCUT2D eigenvalue weighted by Crippen LogP contribution is -2.24. The van der Waals surface area contributed by atoms with Gasteiger partial charge in [0.1, 0.15) is 5.75 Å². The van der Waals surface area contributed by atoms with E-state index < -0.39 is 15.8 Å². The number of benzene rings is 1. The molecule has 0 bridgehead atoms. The Morgan fingerprint density at radius 3 is 2.84 bits per heavy atom. The van der Waals surface area contributed by atoms with Gasteiger partial charge in [-0.3, -0.25) is 4.79 Å². The van der Waals surface area contributed by atoms with E-state index in [9.17, 15) is 13.2 Å². The van der Waals surface area contributed by atoms with Gasteiger partial charge in [-0.05, 0) is 18.1 Å². The van der Waals surface area contributed by atoms with Gasteiger partial charge in [0.2, 0.25) is 0 Å². The molecule has 1 unspecified atom stereocenters. The van der Waals surface area contributed by atoms with Gasteiger partial charge >= 0.3 is 5.97 Å². The highest BCUT2D eigenvalue weighted by Gasteiger charge is 2.26. The molecule has 2 rings (SSSR count). The second-order valence-corrected chi connectivity index (χ2v) is 6.86. The molecule has 1 aromatic rings. The lowest BCUT2D eigenvalue weighted by molar-refractivity contribution is -0.136. The molecule has 0 radical (unpaired) electrons.